The molecule has 1 N–H and O–H groups in total. The Balaban J connectivity index is 1.66. The molecule has 1 aliphatic rings. The predicted octanol–water partition coefficient (Wildman–Crippen LogP) is 4.81. The van der Waals surface area contributed by atoms with E-state index in [-0.39, 0.29) is 6.04 Å². The molecule has 1 fully saturated rings. The summed E-state index contributed by atoms with van der Waals surface area (Å²) in [5, 5.41) is 5.60. The standard InChI is InChI=1S/C17H17NOS2/c1-18-17(16-10-15-14(21-16)7-8-20-15)11-3-2-4-13(9-11)19-12-5-6-12/h2-4,7-10,12,17-18H,5-6H2,1H3. The number of ether oxygens (including phenoxy) is 1. The van der Waals surface area contributed by atoms with Gasteiger partial charge in [-0.1, -0.05) is 12.1 Å². The lowest BCUT2D eigenvalue weighted by atomic mass is 10.1. The minimum Gasteiger partial charge on any atom is -0.490 e. The van der Waals surface area contributed by atoms with Gasteiger partial charge in [0.05, 0.1) is 12.1 Å². The largest absolute Gasteiger partial charge is 0.490 e. The quantitative estimate of drug-likeness (QED) is 0.729. The van der Waals surface area contributed by atoms with Gasteiger partial charge in [-0.05, 0) is 55.1 Å². The number of thiophene rings is 2. The van der Waals surface area contributed by atoms with E-state index in [4.69, 9.17) is 4.74 Å². The molecule has 3 aromatic rings. The second kappa shape index (κ2) is 5.44. The molecule has 1 aromatic carbocycles. The van der Waals surface area contributed by atoms with Crippen molar-refractivity contribution in [3.05, 3.63) is 52.2 Å². The van der Waals surface area contributed by atoms with Gasteiger partial charge in [0.2, 0.25) is 0 Å². The Morgan fingerprint density at radius 1 is 1.19 bits per heavy atom. The van der Waals surface area contributed by atoms with E-state index in [9.17, 15) is 0 Å². The highest BCUT2D eigenvalue weighted by Gasteiger charge is 2.24. The molecule has 1 atom stereocenters. The second-order valence-electron chi connectivity index (χ2n) is 5.41. The summed E-state index contributed by atoms with van der Waals surface area (Å²) in [6.45, 7) is 0. The lowest BCUT2D eigenvalue weighted by Gasteiger charge is -2.16. The van der Waals surface area contributed by atoms with Crippen LogP contribution in [0.5, 0.6) is 5.75 Å². The normalized spacial score (nSPS) is 16.2. The van der Waals surface area contributed by atoms with Crippen LogP contribution in [0.4, 0.5) is 0 Å². The van der Waals surface area contributed by atoms with E-state index in [2.05, 4.69) is 47.1 Å². The van der Waals surface area contributed by atoms with E-state index in [0.717, 1.165) is 5.75 Å². The molecule has 1 saturated carbocycles. The summed E-state index contributed by atoms with van der Waals surface area (Å²) in [7, 11) is 2.02. The van der Waals surface area contributed by atoms with Crippen molar-refractivity contribution in [1.29, 1.82) is 0 Å². The molecule has 0 aliphatic heterocycles. The fourth-order valence-electron chi connectivity index (χ4n) is 2.55. The summed E-state index contributed by atoms with van der Waals surface area (Å²) in [5.41, 5.74) is 1.27. The average Bonchev–Trinajstić information content (AvgIpc) is 3.04. The number of hydrogen-bond acceptors (Lipinski definition) is 4. The topological polar surface area (TPSA) is 21.3 Å². The average molecular weight is 315 g/mol. The molecule has 0 bridgehead atoms. The Labute approximate surface area is 132 Å². The zero-order valence-corrected chi connectivity index (χ0v) is 13.5. The van der Waals surface area contributed by atoms with Crippen molar-refractivity contribution in [1.82, 2.24) is 5.32 Å². The Hall–Kier alpha value is -1.36. The zero-order valence-electron chi connectivity index (χ0n) is 11.8. The molecule has 1 unspecified atom stereocenters. The summed E-state index contributed by atoms with van der Waals surface area (Å²) in [5.74, 6) is 0.994. The van der Waals surface area contributed by atoms with Crippen LogP contribution in [0.3, 0.4) is 0 Å². The van der Waals surface area contributed by atoms with Gasteiger partial charge in [0.25, 0.3) is 0 Å². The van der Waals surface area contributed by atoms with Crippen molar-refractivity contribution in [2.45, 2.75) is 25.0 Å². The van der Waals surface area contributed by atoms with Gasteiger partial charge in [0.15, 0.2) is 0 Å². The van der Waals surface area contributed by atoms with Gasteiger partial charge in [-0.15, -0.1) is 22.7 Å². The lowest BCUT2D eigenvalue weighted by Crippen LogP contribution is -2.16. The second-order valence-corrected chi connectivity index (χ2v) is 7.47. The third-order valence-corrected chi connectivity index (χ3v) is 5.91. The summed E-state index contributed by atoms with van der Waals surface area (Å²) in [6, 6.07) is 13.2. The van der Waals surface area contributed by atoms with Crippen LogP contribution in [0.1, 0.15) is 29.3 Å². The molecule has 1 aliphatic carbocycles. The maximum atomic E-state index is 5.92. The molecule has 2 nitrogen and oxygen atoms in total. The molecular formula is C17H17NOS2. The number of benzene rings is 1. The Bertz CT molecular complexity index is 728. The first-order valence-corrected chi connectivity index (χ1v) is 8.94. The van der Waals surface area contributed by atoms with E-state index < -0.39 is 0 Å². The van der Waals surface area contributed by atoms with Crippen LogP contribution in [-0.2, 0) is 0 Å². The summed E-state index contributed by atoms with van der Waals surface area (Å²) in [4.78, 5) is 1.36. The first kappa shape index (κ1) is 13.3. The maximum absolute atomic E-state index is 5.92. The highest BCUT2D eigenvalue weighted by Crippen LogP contribution is 2.36. The molecule has 0 spiro atoms. The predicted molar refractivity (Wildman–Crippen MR) is 90.7 cm³/mol. The molecule has 4 heteroatoms. The highest BCUT2D eigenvalue weighted by atomic mass is 32.1. The maximum Gasteiger partial charge on any atom is 0.120 e. The van der Waals surface area contributed by atoms with Crippen molar-refractivity contribution in [2.24, 2.45) is 0 Å². The van der Waals surface area contributed by atoms with E-state index in [1.54, 1.807) is 0 Å². The van der Waals surface area contributed by atoms with E-state index >= 15 is 0 Å². The number of nitrogens with one attached hydrogen (secondary N) is 1. The monoisotopic (exact) mass is 315 g/mol. The summed E-state index contributed by atoms with van der Waals surface area (Å²) < 4.78 is 8.67. The summed E-state index contributed by atoms with van der Waals surface area (Å²) in [6.07, 6.45) is 2.84. The molecular weight excluding hydrogens is 298 g/mol. The van der Waals surface area contributed by atoms with Crippen LogP contribution in [0.15, 0.2) is 41.8 Å². The minimum atomic E-state index is 0.234. The highest BCUT2D eigenvalue weighted by molar-refractivity contribution is 7.27. The van der Waals surface area contributed by atoms with Gasteiger partial charge in [-0.3, -0.25) is 0 Å². The summed E-state index contributed by atoms with van der Waals surface area (Å²) >= 11 is 3.68. The van der Waals surface area contributed by atoms with Crippen molar-refractivity contribution >= 4 is 32.1 Å². The van der Waals surface area contributed by atoms with Gasteiger partial charge in [0.1, 0.15) is 5.75 Å². The van der Waals surface area contributed by atoms with Crippen LogP contribution in [-0.4, -0.2) is 13.2 Å². The van der Waals surface area contributed by atoms with Crippen molar-refractivity contribution in [3.8, 4) is 5.75 Å². The van der Waals surface area contributed by atoms with Crippen LogP contribution in [0.2, 0.25) is 0 Å². The van der Waals surface area contributed by atoms with Crippen LogP contribution in [0.25, 0.3) is 9.40 Å². The lowest BCUT2D eigenvalue weighted by molar-refractivity contribution is 0.302. The fourth-order valence-corrected chi connectivity index (χ4v) is 4.80. The van der Waals surface area contributed by atoms with Gasteiger partial charge in [-0.25, -0.2) is 0 Å². The Morgan fingerprint density at radius 3 is 2.86 bits per heavy atom. The molecule has 0 amide bonds. The van der Waals surface area contributed by atoms with Crippen LogP contribution < -0.4 is 10.1 Å². The molecule has 2 heterocycles. The van der Waals surface area contributed by atoms with Gasteiger partial charge in [-0.2, -0.15) is 0 Å². The number of hydrogen-bond donors (Lipinski definition) is 1. The molecule has 21 heavy (non-hydrogen) atoms. The third kappa shape index (κ3) is 2.71. The van der Waals surface area contributed by atoms with Gasteiger partial charge >= 0.3 is 0 Å². The molecule has 4 rings (SSSR count). The molecule has 108 valence electrons. The van der Waals surface area contributed by atoms with Gasteiger partial charge in [0, 0.05) is 14.3 Å². The fraction of sp³-hybridized carbons (Fsp3) is 0.294. The van der Waals surface area contributed by atoms with Crippen molar-refractivity contribution in [3.63, 3.8) is 0 Å². The third-order valence-electron chi connectivity index (χ3n) is 3.75. The molecule has 0 saturated heterocycles. The van der Waals surface area contributed by atoms with Crippen LogP contribution >= 0.6 is 22.7 Å². The SMILES string of the molecule is CNC(c1cccc(OC2CC2)c1)c1cc2sccc2s1. The molecule has 2 aromatic heterocycles. The smallest absolute Gasteiger partial charge is 0.120 e. The number of fused-ring (bicyclic) bond motifs is 1. The zero-order chi connectivity index (χ0) is 14.2. The van der Waals surface area contributed by atoms with E-state index in [1.165, 1.54) is 32.7 Å². The van der Waals surface area contributed by atoms with E-state index in [0.29, 0.717) is 6.10 Å². The first-order valence-electron chi connectivity index (χ1n) is 7.24. The molecule has 0 radical (unpaired) electrons. The Morgan fingerprint density at radius 2 is 2.10 bits per heavy atom. The number of rotatable bonds is 5. The van der Waals surface area contributed by atoms with Crippen molar-refractivity contribution < 1.29 is 4.74 Å². The van der Waals surface area contributed by atoms with Crippen molar-refractivity contribution in [2.75, 3.05) is 7.05 Å². The first-order chi connectivity index (χ1) is 10.3. The minimum absolute atomic E-state index is 0.234. The van der Waals surface area contributed by atoms with E-state index in [1.807, 2.05) is 29.7 Å². The van der Waals surface area contributed by atoms with Gasteiger partial charge < -0.3 is 10.1 Å². The van der Waals surface area contributed by atoms with Crippen LogP contribution in [0, 0.1) is 0 Å². The Kier molecular flexibility index (Phi) is 3.45.